The summed E-state index contributed by atoms with van der Waals surface area (Å²) in [7, 11) is 3.13. The first-order valence-electron chi connectivity index (χ1n) is 9.54. The molecule has 150 valence electrons. The van der Waals surface area contributed by atoms with Crippen molar-refractivity contribution in [3.05, 3.63) is 70.7 Å². The molecule has 5 nitrogen and oxygen atoms in total. The lowest BCUT2D eigenvalue weighted by molar-refractivity contribution is -0.122. The number of carbonyl (C=O) groups excluding carboxylic acids is 2. The number of ether oxygens (including phenoxy) is 2. The summed E-state index contributed by atoms with van der Waals surface area (Å²) >= 11 is 0. The highest BCUT2D eigenvalue weighted by Gasteiger charge is 2.39. The number of Topliss-reactive ketones (excluding diaryl/α,β-unsaturated/α-hetero) is 1. The van der Waals surface area contributed by atoms with E-state index in [0.717, 1.165) is 5.56 Å². The number of hydrogen-bond donors (Lipinski definition) is 1. The number of halogens is 1. The van der Waals surface area contributed by atoms with Crippen LogP contribution in [-0.4, -0.2) is 25.9 Å². The van der Waals surface area contributed by atoms with Crippen LogP contribution in [0, 0.1) is 5.82 Å². The molecule has 1 amide bonds. The van der Waals surface area contributed by atoms with Crippen molar-refractivity contribution in [3.63, 3.8) is 0 Å². The molecule has 0 unspecified atom stereocenters. The first kappa shape index (κ1) is 19.2. The van der Waals surface area contributed by atoms with Crippen molar-refractivity contribution in [2.24, 2.45) is 0 Å². The Morgan fingerprint density at radius 3 is 2.45 bits per heavy atom. The molecule has 4 rings (SSSR count). The summed E-state index contributed by atoms with van der Waals surface area (Å²) in [5.41, 5.74) is 2.47. The number of methoxy groups -OCH3 is 2. The second kappa shape index (κ2) is 7.70. The molecule has 2 aromatic carbocycles. The van der Waals surface area contributed by atoms with Gasteiger partial charge in [-0.2, -0.15) is 0 Å². The van der Waals surface area contributed by atoms with Crippen LogP contribution in [0.15, 0.2) is 53.7 Å². The number of allylic oxidation sites excluding steroid dienone is 2. The fourth-order valence-electron chi connectivity index (χ4n) is 4.33. The summed E-state index contributed by atoms with van der Waals surface area (Å²) in [4.78, 5) is 25.4. The molecule has 2 aromatic rings. The Bertz CT molecular complexity index is 1010. The van der Waals surface area contributed by atoms with Crippen LogP contribution in [0.3, 0.4) is 0 Å². The fraction of sp³-hybridized carbons (Fsp3) is 0.304. The number of benzene rings is 2. The lowest BCUT2D eigenvalue weighted by Crippen LogP contribution is -2.38. The van der Waals surface area contributed by atoms with Gasteiger partial charge in [0.2, 0.25) is 5.91 Å². The van der Waals surface area contributed by atoms with E-state index in [1.807, 2.05) is 18.2 Å². The van der Waals surface area contributed by atoms with Crippen LogP contribution >= 0.6 is 0 Å². The maximum atomic E-state index is 14.4. The predicted octanol–water partition coefficient (Wildman–Crippen LogP) is 3.85. The van der Waals surface area contributed by atoms with Crippen LogP contribution in [0.25, 0.3) is 0 Å². The van der Waals surface area contributed by atoms with Crippen LogP contribution in [0.2, 0.25) is 0 Å². The lowest BCUT2D eigenvalue weighted by Gasteiger charge is -2.34. The van der Waals surface area contributed by atoms with Crippen LogP contribution < -0.4 is 14.8 Å². The molecule has 0 radical (unpaired) electrons. The van der Waals surface area contributed by atoms with Crippen LogP contribution in [0.4, 0.5) is 4.39 Å². The third kappa shape index (κ3) is 3.50. The molecular formula is C23H22FNO4. The summed E-state index contributed by atoms with van der Waals surface area (Å²) < 4.78 is 25.0. The van der Waals surface area contributed by atoms with Gasteiger partial charge in [-0.05, 0) is 41.7 Å². The van der Waals surface area contributed by atoms with E-state index in [-0.39, 0.29) is 24.0 Å². The molecule has 0 fully saturated rings. The van der Waals surface area contributed by atoms with E-state index >= 15 is 0 Å². The zero-order chi connectivity index (χ0) is 20.5. The highest BCUT2D eigenvalue weighted by molar-refractivity contribution is 6.02. The van der Waals surface area contributed by atoms with Gasteiger partial charge in [0.05, 0.1) is 14.2 Å². The van der Waals surface area contributed by atoms with Crippen molar-refractivity contribution in [1.82, 2.24) is 5.32 Å². The van der Waals surface area contributed by atoms with E-state index in [1.165, 1.54) is 6.07 Å². The molecule has 29 heavy (non-hydrogen) atoms. The summed E-state index contributed by atoms with van der Waals surface area (Å²) in [5.74, 6) is -0.0801. The van der Waals surface area contributed by atoms with Crippen molar-refractivity contribution in [1.29, 1.82) is 0 Å². The maximum absolute atomic E-state index is 14.4. The minimum atomic E-state index is -0.543. The van der Waals surface area contributed by atoms with E-state index in [0.29, 0.717) is 41.2 Å². The minimum absolute atomic E-state index is 0.0562. The zero-order valence-corrected chi connectivity index (χ0v) is 16.3. The monoisotopic (exact) mass is 395 g/mol. The molecule has 0 saturated carbocycles. The molecule has 2 aliphatic rings. The highest BCUT2D eigenvalue weighted by atomic mass is 19.1. The first-order chi connectivity index (χ1) is 14.0. The van der Waals surface area contributed by atoms with Gasteiger partial charge in [0.25, 0.3) is 0 Å². The Kier molecular flexibility index (Phi) is 5.09. The van der Waals surface area contributed by atoms with E-state index < -0.39 is 11.7 Å². The summed E-state index contributed by atoms with van der Waals surface area (Å²) in [6.45, 7) is 0. The molecular weight excluding hydrogens is 373 g/mol. The third-order valence-corrected chi connectivity index (χ3v) is 5.70. The maximum Gasteiger partial charge on any atom is 0.225 e. The van der Waals surface area contributed by atoms with Gasteiger partial charge in [-0.3, -0.25) is 9.59 Å². The number of amides is 1. The second-order valence-electron chi connectivity index (χ2n) is 7.36. The number of carbonyl (C=O) groups is 2. The number of hydrogen-bond acceptors (Lipinski definition) is 4. The first-order valence-corrected chi connectivity index (χ1v) is 9.54. The largest absolute Gasteiger partial charge is 0.493 e. The minimum Gasteiger partial charge on any atom is -0.493 e. The van der Waals surface area contributed by atoms with Crippen LogP contribution in [0.1, 0.15) is 42.2 Å². The quantitative estimate of drug-likeness (QED) is 0.854. The Labute approximate surface area is 168 Å². The Hall–Kier alpha value is -3.15. The molecule has 2 atom stereocenters. The van der Waals surface area contributed by atoms with Gasteiger partial charge in [0.15, 0.2) is 17.3 Å². The van der Waals surface area contributed by atoms with Gasteiger partial charge in [0, 0.05) is 30.0 Å². The summed E-state index contributed by atoms with van der Waals surface area (Å²) in [6, 6.07) is 11.9. The van der Waals surface area contributed by atoms with Crippen molar-refractivity contribution in [3.8, 4) is 11.5 Å². The normalized spacial score (nSPS) is 21.5. The molecule has 1 heterocycles. The van der Waals surface area contributed by atoms with Crippen molar-refractivity contribution >= 4 is 11.7 Å². The number of ketones is 1. The molecule has 6 heteroatoms. The van der Waals surface area contributed by atoms with Gasteiger partial charge in [-0.15, -0.1) is 0 Å². The average Bonchev–Trinajstić information content (AvgIpc) is 2.72. The predicted molar refractivity (Wildman–Crippen MR) is 105 cm³/mol. The number of rotatable bonds is 4. The SMILES string of the molecule is COc1ccc([C@@H]2CC(=O)C3=C(C2)NC(=O)C[C@@H]3c2ccccc2F)cc1OC. The van der Waals surface area contributed by atoms with Crippen molar-refractivity contribution in [2.75, 3.05) is 14.2 Å². The highest BCUT2D eigenvalue weighted by Crippen LogP contribution is 2.44. The lowest BCUT2D eigenvalue weighted by atomic mass is 9.73. The van der Waals surface area contributed by atoms with Crippen molar-refractivity contribution in [2.45, 2.75) is 31.1 Å². The van der Waals surface area contributed by atoms with Gasteiger partial charge >= 0.3 is 0 Å². The molecule has 1 N–H and O–H groups in total. The Morgan fingerprint density at radius 1 is 0.966 bits per heavy atom. The fourth-order valence-corrected chi connectivity index (χ4v) is 4.33. The molecule has 0 spiro atoms. The standard InChI is InChI=1S/C23H22FNO4/c1-28-20-8-7-13(11-21(20)29-2)14-9-18-23(19(26)10-14)16(12-22(27)25-18)15-5-3-4-6-17(15)24/h3-8,11,14,16H,9-10,12H2,1-2H3,(H,25,27)/t14-,16+/m0/s1. The topological polar surface area (TPSA) is 64.6 Å². The van der Waals surface area contributed by atoms with Gasteiger partial charge in [-0.1, -0.05) is 24.3 Å². The van der Waals surface area contributed by atoms with E-state index in [4.69, 9.17) is 9.47 Å². The van der Waals surface area contributed by atoms with Gasteiger partial charge in [-0.25, -0.2) is 4.39 Å². The van der Waals surface area contributed by atoms with Gasteiger partial charge < -0.3 is 14.8 Å². The van der Waals surface area contributed by atoms with Crippen LogP contribution in [-0.2, 0) is 9.59 Å². The van der Waals surface area contributed by atoms with E-state index in [1.54, 1.807) is 32.4 Å². The molecule has 0 saturated heterocycles. The molecule has 1 aliphatic carbocycles. The molecule has 1 aliphatic heterocycles. The van der Waals surface area contributed by atoms with Crippen LogP contribution in [0.5, 0.6) is 11.5 Å². The summed E-state index contributed by atoms with van der Waals surface area (Å²) in [5, 5.41) is 2.86. The molecule has 0 aromatic heterocycles. The zero-order valence-electron chi connectivity index (χ0n) is 16.3. The third-order valence-electron chi connectivity index (χ3n) is 5.70. The Balaban J connectivity index is 1.71. The average molecular weight is 395 g/mol. The van der Waals surface area contributed by atoms with Crippen molar-refractivity contribution < 1.29 is 23.5 Å². The van der Waals surface area contributed by atoms with E-state index in [9.17, 15) is 14.0 Å². The Morgan fingerprint density at radius 2 is 1.72 bits per heavy atom. The smallest absolute Gasteiger partial charge is 0.225 e. The second-order valence-corrected chi connectivity index (χ2v) is 7.36. The van der Waals surface area contributed by atoms with Gasteiger partial charge in [0.1, 0.15) is 5.82 Å². The van der Waals surface area contributed by atoms with E-state index in [2.05, 4.69) is 5.32 Å². The molecule has 0 bridgehead atoms. The summed E-state index contributed by atoms with van der Waals surface area (Å²) in [6.07, 6.45) is 0.884. The number of nitrogens with one attached hydrogen (secondary N) is 1.